The summed E-state index contributed by atoms with van der Waals surface area (Å²) in [5, 5.41) is 0. The Morgan fingerprint density at radius 1 is 1.03 bits per heavy atom. The Balaban J connectivity index is 1.44. The lowest BCUT2D eigenvalue weighted by atomic mass is 10.0. The minimum Gasteiger partial charge on any atom is -0.491 e. The number of pyridine rings is 1. The zero-order valence-corrected chi connectivity index (χ0v) is 19.8. The molecule has 1 atom stereocenters. The Hall–Kier alpha value is -2.76. The van der Waals surface area contributed by atoms with Gasteiger partial charge in [0, 0.05) is 25.4 Å². The van der Waals surface area contributed by atoms with Gasteiger partial charge in [-0.15, -0.1) is 0 Å². The van der Waals surface area contributed by atoms with Crippen LogP contribution in [-0.4, -0.2) is 29.6 Å². The second-order valence-electron chi connectivity index (χ2n) is 9.06. The van der Waals surface area contributed by atoms with E-state index in [1.54, 1.807) is 7.11 Å². The van der Waals surface area contributed by atoms with Crippen LogP contribution < -0.4 is 4.74 Å². The molecule has 4 nitrogen and oxygen atoms in total. The highest BCUT2D eigenvalue weighted by Gasteiger charge is 2.27. The third-order valence-electron chi connectivity index (χ3n) is 6.05. The summed E-state index contributed by atoms with van der Waals surface area (Å²) < 4.78 is 24.5. The molecule has 0 spiro atoms. The lowest BCUT2D eigenvalue weighted by molar-refractivity contribution is 0.174. The molecule has 5 heteroatoms. The standard InChI is InChI=1S/C28H33FN2O2/c1-20(2)33-28-13-9-23(16-24(28)19-32-3)18-31-14-4-5-27(31)26-12-8-22(17-30-26)15-21-6-10-25(29)11-7-21/h6-13,16-17,20,27H,4-5,14-15,18-19H2,1-3H3/t27-/m1/s1. The maximum absolute atomic E-state index is 13.1. The fourth-order valence-corrected chi connectivity index (χ4v) is 4.53. The highest BCUT2D eigenvalue weighted by molar-refractivity contribution is 5.37. The summed E-state index contributed by atoms with van der Waals surface area (Å²) in [5.41, 5.74) is 5.69. The molecule has 1 saturated heterocycles. The van der Waals surface area contributed by atoms with Gasteiger partial charge in [-0.3, -0.25) is 9.88 Å². The van der Waals surface area contributed by atoms with Gasteiger partial charge in [0.25, 0.3) is 0 Å². The Bertz CT molecular complexity index is 1030. The minimum atomic E-state index is -0.204. The molecule has 2 heterocycles. The first kappa shape index (κ1) is 23.4. The maximum Gasteiger partial charge on any atom is 0.125 e. The zero-order chi connectivity index (χ0) is 23.2. The van der Waals surface area contributed by atoms with Crippen LogP contribution in [0.1, 0.15) is 60.7 Å². The summed E-state index contributed by atoms with van der Waals surface area (Å²) in [6, 6.07) is 17.7. The van der Waals surface area contributed by atoms with Crippen molar-refractivity contribution in [2.45, 2.75) is 58.4 Å². The molecule has 1 aromatic heterocycles. The molecule has 33 heavy (non-hydrogen) atoms. The van der Waals surface area contributed by atoms with E-state index >= 15 is 0 Å². The van der Waals surface area contributed by atoms with Crippen molar-refractivity contribution in [2.75, 3.05) is 13.7 Å². The van der Waals surface area contributed by atoms with E-state index in [1.165, 1.54) is 24.1 Å². The molecule has 0 N–H and O–H groups in total. The van der Waals surface area contributed by atoms with Crippen molar-refractivity contribution in [3.8, 4) is 5.75 Å². The van der Waals surface area contributed by atoms with Gasteiger partial charge in [-0.2, -0.15) is 0 Å². The van der Waals surface area contributed by atoms with E-state index in [4.69, 9.17) is 14.5 Å². The number of likely N-dealkylation sites (tertiary alicyclic amines) is 1. The number of halogens is 1. The number of hydrogen-bond donors (Lipinski definition) is 0. The number of nitrogens with zero attached hydrogens (tertiary/aromatic N) is 2. The Morgan fingerprint density at radius 3 is 2.48 bits per heavy atom. The topological polar surface area (TPSA) is 34.6 Å². The third-order valence-corrected chi connectivity index (χ3v) is 6.05. The molecule has 0 unspecified atom stereocenters. The first-order valence-electron chi connectivity index (χ1n) is 11.7. The number of methoxy groups -OCH3 is 1. The van der Waals surface area contributed by atoms with Gasteiger partial charge >= 0.3 is 0 Å². The van der Waals surface area contributed by atoms with E-state index in [2.05, 4.69) is 35.2 Å². The van der Waals surface area contributed by atoms with Crippen LogP contribution in [-0.2, 0) is 24.3 Å². The smallest absolute Gasteiger partial charge is 0.125 e. The zero-order valence-electron chi connectivity index (χ0n) is 19.8. The molecule has 2 aromatic carbocycles. The molecule has 0 aliphatic carbocycles. The molecule has 1 aliphatic heterocycles. The quantitative estimate of drug-likeness (QED) is 0.397. The van der Waals surface area contributed by atoms with Crippen molar-refractivity contribution in [3.05, 3.63) is 94.6 Å². The van der Waals surface area contributed by atoms with Crippen LogP contribution in [0.15, 0.2) is 60.8 Å². The molecule has 174 valence electrons. The first-order valence-corrected chi connectivity index (χ1v) is 11.7. The highest BCUT2D eigenvalue weighted by Crippen LogP contribution is 2.33. The largest absolute Gasteiger partial charge is 0.491 e. The maximum atomic E-state index is 13.1. The van der Waals surface area contributed by atoms with Crippen LogP contribution in [0, 0.1) is 5.82 Å². The summed E-state index contributed by atoms with van der Waals surface area (Å²) in [7, 11) is 1.72. The van der Waals surface area contributed by atoms with Crippen LogP contribution in [0.2, 0.25) is 0 Å². The van der Waals surface area contributed by atoms with E-state index < -0.39 is 0 Å². The Labute approximate surface area is 196 Å². The Kier molecular flexibility index (Phi) is 7.73. The molecule has 0 amide bonds. The second-order valence-corrected chi connectivity index (χ2v) is 9.06. The molecule has 0 bridgehead atoms. The number of hydrogen-bond acceptors (Lipinski definition) is 4. The van der Waals surface area contributed by atoms with Crippen molar-refractivity contribution in [1.82, 2.24) is 9.88 Å². The molecular formula is C28H33FN2O2. The van der Waals surface area contributed by atoms with Crippen LogP contribution in [0.5, 0.6) is 5.75 Å². The number of benzene rings is 2. The predicted molar refractivity (Wildman–Crippen MR) is 129 cm³/mol. The van der Waals surface area contributed by atoms with Crippen molar-refractivity contribution in [1.29, 1.82) is 0 Å². The monoisotopic (exact) mass is 448 g/mol. The lowest BCUT2D eigenvalue weighted by Crippen LogP contribution is -2.23. The summed E-state index contributed by atoms with van der Waals surface area (Å²) in [6.45, 7) is 6.56. The molecule has 3 aromatic rings. The van der Waals surface area contributed by atoms with E-state index in [-0.39, 0.29) is 11.9 Å². The fraction of sp³-hybridized carbons (Fsp3) is 0.393. The third kappa shape index (κ3) is 6.18. The molecule has 1 fully saturated rings. The van der Waals surface area contributed by atoms with Gasteiger partial charge in [0.15, 0.2) is 0 Å². The van der Waals surface area contributed by atoms with Gasteiger partial charge in [-0.25, -0.2) is 4.39 Å². The number of rotatable bonds is 9. The van der Waals surface area contributed by atoms with Gasteiger partial charge in [0.2, 0.25) is 0 Å². The normalized spacial score (nSPS) is 16.5. The van der Waals surface area contributed by atoms with E-state index in [1.807, 2.05) is 32.2 Å². The van der Waals surface area contributed by atoms with Crippen molar-refractivity contribution in [3.63, 3.8) is 0 Å². The van der Waals surface area contributed by atoms with E-state index in [0.29, 0.717) is 12.6 Å². The predicted octanol–water partition coefficient (Wildman–Crippen LogP) is 6.08. The molecule has 4 rings (SSSR count). The van der Waals surface area contributed by atoms with Gasteiger partial charge in [0.1, 0.15) is 11.6 Å². The molecular weight excluding hydrogens is 415 g/mol. The molecule has 0 radical (unpaired) electrons. The highest BCUT2D eigenvalue weighted by atomic mass is 19.1. The summed E-state index contributed by atoms with van der Waals surface area (Å²) in [6.07, 6.45) is 5.14. The fourth-order valence-electron chi connectivity index (χ4n) is 4.53. The lowest BCUT2D eigenvalue weighted by Gasteiger charge is -2.25. The van der Waals surface area contributed by atoms with Gasteiger partial charge < -0.3 is 9.47 Å². The number of ether oxygens (including phenoxy) is 2. The minimum absolute atomic E-state index is 0.131. The average molecular weight is 449 g/mol. The molecule has 1 aliphatic rings. The van der Waals surface area contributed by atoms with Crippen LogP contribution in [0.4, 0.5) is 4.39 Å². The van der Waals surface area contributed by atoms with Gasteiger partial charge in [-0.05, 0) is 86.7 Å². The van der Waals surface area contributed by atoms with E-state index in [0.717, 1.165) is 54.1 Å². The van der Waals surface area contributed by atoms with Crippen molar-refractivity contribution >= 4 is 0 Å². The second kappa shape index (κ2) is 10.9. The summed E-state index contributed by atoms with van der Waals surface area (Å²) >= 11 is 0. The Morgan fingerprint density at radius 2 is 1.79 bits per heavy atom. The SMILES string of the molecule is COCc1cc(CN2CCC[C@@H]2c2ccc(Cc3ccc(F)cc3)cn2)ccc1OC(C)C. The van der Waals surface area contributed by atoms with Crippen LogP contribution >= 0.6 is 0 Å². The number of aromatic nitrogens is 1. The van der Waals surface area contributed by atoms with Gasteiger partial charge in [-0.1, -0.05) is 24.3 Å². The summed E-state index contributed by atoms with van der Waals surface area (Å²) in [4.78, 5) is 7.32. The first-order chi connectivity index (χ1) is 16.0. The van der Waals surface area contributed by atoms with E-state index in [9.17, 15) is 4.39 Å². The van der Waals surface area contributed by atoms with Crippen molar-refractivity contribution in [2.24, 2.45) is 0 Å². The molecule has 0 saturated carbocycles. The van der Waals surface area contributed by atoms with Gasteiger partial charge in [0.05, 0.1) is 24.4 Å². The summed E-state index contributed by atoms with van der Waals surface area (Å²) in [5.74, 6) is 0.692. The average Bonchev–Trinajstić information content (AvgIpc) is 3.25. The van der Waals surface area contributed by atoms with Crippen molar-refractivity contribution < 1.29 is 13.9 Å². The van der Waals surface area contributed by atoms with Crippen LogP contribution in [0.25, 0.3) is 0 Å². The van der Waals surface area contributed by atoms with Crippen LogP contribution in [0.3, 0.4) is 0 Å².